The van der Waals surface area contributed by atoms with Gasteiger partial charge in [-0.25, -0.2) is 0 Å². The Balaban J connectivity index is 1.83. The molecule has 1 aliphatic heterocycles. The second-order valence-corrected chi connectivity index (χ2v) is 6.03. The van der Waals surface area contributed by atoms with E-state index in [1.165, 1.54) is 37.6 Å². The Labute approximate surface area is 158 Å². The number of hydrogen-bond acceptors (Lipinski definition) is 6. The van der Waals surface area contributed by atoms with Crippen molar-refractivity contribution in [3.05, 3.63) is 81.4 Å². The van der Waals surface area contributed by atoms with Gasteiger partial charge in [0.1, 0.15) is 5.75 Å². The summed E-state index contributed by atoms with van der Waals surface area (Å²) in [6.45, 7) is 0. The van der Waals surface area contributed by atoms with Crippen LogP contribution >= 0.6 is 0 Å². The molecule has 8 nitrogen and oxygen atoms in total. The van der Waals surface area contributed by atoms with Crippen LogP contribution in [-0.4, -0.2) is 35.1 Å². The van der Waals surface area contributed by atoms with Crippen molar-refractivity contribution in [1.29, 1.82) is 0 Å². The van der Waals surface area contributed by atoms with Crippen LogP contribution in [0.1, 0.15) is 26.3 Å². The van der Waals surface area contributed by atoms with E-state index in [1.54, 1.807) is 30.3 Å². The lowest BCUT2D eigenvalue weighted by Crippen LogP contribution is -2.36. The summed E-state index contributed by atoms with van der Waals surface area (Å²) in [6.07, 6.45) is 1.37. The summed E-state index contributed by atoms with van der Waals surface area (Å²) in [5, 5.41) is 16.6. The van der Waals surface area contributed by atoms with Gasteiger partial charge in [0.05, 0.1) is 34.8 Å². The molecule has 0 unspecified atom stereocenters. The fourth-order valence-electron chi connectivity index (χ4n) is 3.23. The Morgan fingerprint density at radius 1 is 1.00 bits per heavy atom. The van der Waals surface area contributed by atoms with E-state index in [1.807, 2.05) is 0 Å². The molecular formula is C20H13N3O5. The molecule has 0 aromatic heterocycles. The van der Waals surface area contributed by atoms with Crippen LogP contribution in [0.3, 0.4) is 0 Å². The first kappa shape index (κ1) is 17.3. The Morgan fingerprint density at radius 3 is 2.43 bits per heavy atom. The molecule has 0 saturated heterocycles. The van der Waals surface area contributed by atoms with Crippen LogP contribution in [0.15, 0.2) is 59.7 Å². The molecular weight excluding hydrogens is 362 g/mol. The van der Waals surface area contributed by atoms with E-state index in [2.05, 4.69) is 5.10 Å². The first-order valence-electron chi connectivity index (χ1n) is 8.29. The summed E-state index contributed by atoms with van der Waals surface area (Å²) in [4.78, 5) is 36.5. The van der Waals surface area contributed by atoms with Crippen molar-refractivity contribution >= 4 is 34.5 Å². The number of para-hydroxylation sites is 1. The molecule has 3 aromatic carbocycles. The maximum atomic E-state index is 12.9. The van der Waals surface area contributed by atoms with Crippen LogP contribution in [-0.2, 0) is 0 Å². The topological polar surface area (TPSA) is 102 Å². The smallest absolute Gasteiger partial charge is 0.282 e. The molecule has 0 atom stereocenters. The zero-order chi connectivity index (χ0) is 19.8. The molecule has 0 fully saturated rings. The van der Waals surface area contributed by atoms with Crippen molar-refractivity contribution in [2.75, 3.05) is 7.11 Å². The lowest BCUT2D eigenvalue weighted by molar-refractivity contribution is -0.383. The average molecular weight is 375 g/mol. The van der Waals surface area contributed by atoms with Gasteiger partial charge < -0.3 is 4.74 Å². The molecule has 0 aliphatic carbocycles. The number of rotatable bonds is 4. The lowest BCUT2D eigenvalue weighted by atomic mass is 9.94. The van der Waals surface area contributed by atoms with Crippen molar-refractivity contribution in [2.24, 2.45) is 5.10 Å². The molecule has 4 rings (SSSR count). The van der Waals surface area contributed by atoms with Gasteiger partial charge in [0, 0.05) is 17.0 Å². The summed E-state index contributed by atoms with van der Waals surface area (Å²) in [5.74, 6) is -0.745. The highest BCUT2D eigenvalue weighted by molar-refractivity contribution is 6.26. The predicted octanol–water partition coefficient (Wildman–Crippen LogP) is 3.39. The third-order valence-electron chi connectivity index (χ3n) is 4.51. The SMILES string of the molecule is COc1ccccc1/C=N\N1C(=O)c2cccc3c([N+](=O)[O-])ccc(c23)C1=O. The number of carbonyl (C=O) groups is 2. The van der Waals surface area contributed by atoms with Crippen molar-refractivity contribution in [3.63, 3.8) is 0 Å². The third-order valence-corrected chi connectivity index (χ3v) is 4.51. The first-order valence-corrected chi connectivity index (χ1v) is 8.29. The zero-order valence-electron chi connectivity index (χ0n) is 14.7. The Hall–Kier alpha value is -4.07. The maximum absolute atomic E-state index is 12.9. The van der Waals surface area contributed by atoms with Crippen LogP contribution in [0, 0.1) is 10.1 Å². The molecule has 0 radical (unpaired) electrons. The monoisotopic (exact) mass is 375 g/mol. The number of nitro groups is 1. The maximum Gasteiger partial charge on any atom is 0.282 e. The van der Waals surface area contributed by atoms with E-state index in [4.69, 9.17) is 4.74 Å². The van der Waals surface area contributed by atoms with Gasteiger partial charge in [0.2, 0.25) is 0 Å². The number of carbonyl (C=O) groups excluding carboxylic acids is 2. The van der Waals surface area contributed by atoms with E-state index >= 15 is 0 Å². The van der Waals surface area contributed by atoms with E-state index in [9.17, 15) is 19.7 Å². The largest absolute Gasteiger partial charge is 0.496 e. The fourth-order valence-corrected chi connectivity index (χ4v) is 3.23. The predicted molar refractivity (Wildman–Crippen MR) is 102 cm³/mol. The molecule has 3 aromatic rings. The fraction of sp³-hybridized carbons (Fsp3) is 0.0500. The molecule has 2 amide bonds. The first-order chi connectivity index (χ1) is 13.5. The van der Waals surface area contributed by atoms with Crippen LogP contribution in [0.2, 0.25) is 0 Å². The summed E-state index contributed by atoms with van der Waals surface area (Å²) in [5.41, 5.74) is 0.812. The minimum Gasteiger partial charge on any atom is -0.496 e. The van der Waals surface area contributed by atoms with Gasteiger partial charge >= 0.3 is 0 Å². The van der Waals surface area contributed by atoms with Gasteiger partial charge in [-0.2, -0.15) is 10.1 Å². The van der Waals surface area contributed by atoms with Crippen LogP contribution in [0.4, 0.5) is 5.69 Å². The highest BCUT2D eigenvalue weighted by atomic mass is 16.6. The molecule has 8 heteroatoms. The van der Waals surface area contributed by atoms with Gasteiger partial charge in [-0.15, -0.1) is 0 Å². The van der Waals surface area contributed by atoms with Crippen molar-refractivity contribution in [1.82, 2.24) is 5.01 Å². The standard InChI is InChI=1S/C20H13N3O5/c1-28-17-8-3-2-5-12(17)11-21-22-19(24)14-7-4-6-13-16(23(26)27)10-9-15(18(13)14)20(22)25/h2-11H,1H3/b21-11-. The third kappa shape index (κ3) is 2.59. The number of hydrazone groups is 1. The minimum absolute atomic E-state index is 0.160. The van der Waals surface area contributed by atoms with Gasteiger partial charge in [-0.1, -0.05) is 18.2 Å². The number of benzene rings is 3. The summed E-state index contributed by atoms with van der Waals surface area (Å²) >= 11 is 0. The summed E-state index contributed by atoms with van der Waals surface area (Å²) < 4.78 is 5.23. The number of amides is 2. The van der Waals surface area contributed by atoms with E-state index in [0.29, 0.717) is 11.3 Å². The van der Waals surface area contributed by atoms with Crippen molar-refractivity contribution in [2.45, 2.75) is 0 Å². The lowest BCUT2D eigenvalue weighted by Gasteiger charge is -2.23. The van der Waals surface area contributed by atoms with Crippen LogP contribution < -0.4 is 4.74 Å². The Morgan fingerprint density at radius 2 is 1.71 bits per heavy atom. The average Bonchev–Trinajstić information content (AvgIpc) is 2.71. The van der Waals surface area contributed by atoms with Crippen molar-refractivity contribution in [3.8, 4) is 5.75 Å². The second kappa shape index (κ2) is 6.58. The Kier molecular flexibility index (Phi) is 4.08. The number of methoxy groups -OCH3 is 1. The number of imide groups is 1. The molecule has 1 heterocycles. The van der Waals surface area contributed by atoms with Gasteiger partial charge in [0.25, 0.3) is 17.5 Å². The molecule has 0 N–H and O–H groups in total. The number of nitrogens with zero attached hydrogens (tertiary/aromatic N) is 3. The summed E-state index contributed by atoms with van der Waals surface area (Å²) in [7, 11) is 1.51. The highest BCUT2D eigenvalue weighted by Crippen LogP contribution is 2.35. The normalized spacial score (nSPS) is 13.4. The van der Waals surface area contributed by atoms with Gasteiger partial charge in [-0.05, 0) is 30.3 Å². The van der Waals surface area contributed by atoms with Gasteiger partial charge in [0.15, 0.2) is 0 Å². The second-order valence-electron chi connectivity index (χ2n) is 6.03. The molecule has 138 valence electrons. The molecule has 28 heavy (non-hydrogen) atoms. The summed E-state index contributed by atoms with van der Waals surface area (Å²) in [6, 6.07) is 14.2. The van der Waals surface area contributed by atoms with Gasteiger partial charge in [-0.3, -0.25) is 19.7 Å². The van der Waals surface area contributed by atoms with Crippen LogP contribution in [0.25, 0.3) is 10.8 Å². The van der Waals surface area contributed by atoms with E-state index in [0.717, 1.165) is 5.01 Å². The number of ether oxygens (including phenoxy) is 1. The van der Waals surface area contributed by atoms with Crippen molar-refractivity contribution < 1.29 is 19.2 Å². The zero-order valence-corrected chi connectivity index (χ0v) is 14.7. The van der Waals surface area contributed by atoms with E-state index < -0.39 is 16.7 Å². The highest BCUT2D eigenvalue weighted by Gasteiger charge is 2.34. The molecule has 0 saturated carbocycles. The van der Waals surface area contributed by atoms with E-state index in [-0.39, 0.29) is 27.6 Å². The number of non-ortho nitro benzene ring substituents is 1. The molecule has 0 spiro atoms. The quantitative estimate of drug-likeness (QED) is 0.301. The number of hydrogen-bond donors (Lipinski definition) is 0. The Bertz CT molecular complexity index is 1160. The molecule has 1 aliphatic rings. The number of nitro benzene ring substituents is 1. The minimum atomic E-state index is -0.644. The van der Waals surface area contributed by atoms with Crippen LogP contribution in [0.5, 0.6) is 5.75 Å². The molecule has 0 bridgehead atoms.